The van der Waals surface area contributed by atoms with Crippen molar-refractivity contribution in [3.8, 4) is 0 Å². The summed E-state index contributed by atoms with van der Waals surface area (Å²) in [7, 11) is 0. The molecule has 1 aromatic heterocycles. The quantitative estimate of drug-likeness (QED) is 0.569. The van der Waals surface area contributed by atoms with Crippen LogP contribution in [-0.2, 0) is 6.42 Å². The second-order valence-corrected chi connectivity index (χ2v) is 6.53. The highest BCUT2D eigenvalue weighted by atomic mass is 15.3. The Balaban J connectivity index is 2.03. The molecule has 0 unspecified atom stereocenters. The molecule has 0 aromatic carbocycles. The van der Waals surface area contributed by atoms with Gasteiger partial charge in [0.1, 0.15) is 17.5 Å². The molecule has 1 fully saturated rings. The maximum absolute atomic E-state index is 5.48. The number of nitrogens with one attached hydrogen (secondary N) is 2. The molecule has 5 nitrogen and oxygen atoms in total. The molecule has 1 aliphatic carbocycles. The first-order valence-corrected chi connectivity index (χ1v) is 7.63. The number of anilines is 2. The van der Waals surface area contributed by atoms with E-state index in [0.29, 0.717) is 17.3 Å². The average Bonchev–Trinajstić information content (AvgIpc) is 2.41. The molecule has 5 heteroatoms. The lowest BCUT2D eigenvalue weighted by Gasteiger charge is -2.34. The Kier molecular flexibility index (Phi) is 4.81. The first-order chi connectivity index (χ1) is 9.52. The summed E-state index contributed by atoms with van der Waals surface area (Å²) in [5.41, 5.74) is 3.11. The van der Waals surface area contributed by atoms with Crippen molar-refractivity contribution in [2.45, 2.75) is 65.3 Å². The smallest absolute Gasteiger partial charge is 0.145 e. The van der Waals surface area contributed by atoms with Crippen molar-refractivity contribution >= 4 is 11.6 Å². The molecule has 1 saturated carbocycles. The third-order valence-electron chi connectivity index (χ3n) is 4.09. The molecule has 0 bridgehead atoms. The predicted octanol–water partition coefficient (Wildman–Crippen LogP) is 3.10. The summed E-state index contributed by atoms with van der Waals surface area (Å²) in [6.07, 6.45) is 6.84. The Morgan fingerprint density at radius 2 is 1.90 bits per heavy atom. The molecule has 0 saturated heterocycles. The summed E-state index contributed by atoms with van der Waals surface area (Å²) < 4.78 is 0. The molecule has 112 valence electrons. The predicted molar refractivity (Wildman–Crippen MR) is 83.5 cm³/mol. The molecular formula is C15H27N5. The number of rotatable bonds is 5. The normalized spacial score (nSPS) is 18.8. The molecule has 1 aliphatic rings. The van der Waals surface area contributed by atoms with Gasteiger partial charge in [0, 0.05) is 18.5 Å². The number of nitrogens with zero attached hydrogens (tertiary/aromatic N) is 2. The third-order valence-corrected chi connectivity index (χ3v) is 4.09. The summed E-state index contributed by atoms with van der Waals surface area (Å²) >= 11 is 0. The molecule has 0 atom stereocenters. The van der Waals surface area contributed by atoms with E-state index in [1.807, 2.05) is 6.07 Å². The van der Waals surface area contributed by atoms with Gasteiger partial charge in [-0.05, 0) is 37.5 Å². The van der Waals surface area contributed by atoms with Crippen molar-refractivity contribution in [2.75, 3.05) is 10.7 Å². The fourth-order valence-corrected chi connectivity index (χ4v) is 2.73. The second kappa shape index (κ2) is 6.39. The molecule has 0 aliphatic heterocycles. The number of nitrogens with two attached hydrogens (primary N) is 1. The van der Waals surface area contributed by atoms with Crippen LogP contribution in [0.15, 0.2) is 6.07 Å². The molecule has 0 radical (unpaired) electrons. The van der Waals surface area contributed by atoms with Crippen LogP contribution in [0, 0.1) is 5.41 Å². The van der Waals surface area contributed by atoms with Crippen LogP contribution in [0.5, 0.6) is 0 Å². The third kappa shape index (κ3) is 4.07. The first kappa shape index (κ1) is 15.0. The Hall–Kier alpha value is -1.36. The number of aryl methyl sites for hydroxylation is 1. The molecule has 4 N–H and O–H groups in total. The number of hydrazine groups is 1. The van der Waals surface area contributed by atoms with Crippen molar-refractivity contribution in [3.05, 3.63) is 11.9 Å². The van der Waals surface area contributed by atoms with Crippen LogP contribution < -0.4 is 16.6 Å². The van der Waals surface area contributed by atoms with E-state index in [2.05, 4.69) is 41.5 Å². The summed E-state index contributed by atoms with van der Waals surface area (Å²) in [5.74, 6) is 7.91. The lowest BCUT2D eigenvalue weighted by atomic mass is 9.75. The van der Waals surface area contributed by atoms with Gasteiger partial charge in [0.2, 0.25) is 0 Å². The number of hydrogen-bond donors (Lipinski definition) is 3. The fraction of sp³-hybridized carbons (Fsp3) is 0.733. The van der Waals surface area contributed by atoms with E-state index in [-0.39, 0.29) is 0 Å². The molecule has 2 rings (SSSR count). The Labute approximate surface area is 121 Å². The monoisotopic (exact) mass is 277 g/mol. The Bertz CT molecular complexity index is 434. The minimum absolute atomic E-state index is 0.487. The number of nitrogen functional groups attached to an aromatic ring is 1. The summed E-state index contributed by atoms with van der Waals surface area (Å²) in [6.45, 7) is 6.83. The topological polar surface area (TPSA) is 75.9 Å². The molecular weight excluding hydrogens is 250 g/mol. The largest absolute Gasteiger partial charge is 0.367 e. The number of aromatic nitrogens is 2. The second-order valence-electron chi connectivity index (χ2n) is 6.53. The van der Waals surface area contributed by atoms with Gasteiger partial charge in [0.05, 0.1) is 0 Å². The summed E-state index contributed by atoms with van der Waals surface area (Å²) in [4.78, 5) is 8.95. The van der Waals surface area contributed by atoms with Gasteiger partial charge in [-0.1, -0.05) is 20.8 Å². The summed E-state index contributed by atoms with van der Waals surface area (Å²) in [6, 6.07) is 2.40. The van der Waals surface area contributed by atoms with Gasteiger partial charge in [-0.3, -0.25) is 0 Å². The SMILES string of the molecule is CCCc1nc(NN)cc(NC2CCC(C)(C)CC2)n1. The van der Waals surface area contributed by atoms with E-state index in [9.17, 15) is 0 Å². The van der Waals surface area contributed by atoms with Gasteiger partial charge in [-0.2, -0.15) is 0 Å². The van der Waals surface area contributed by atoms with Crippen molar-refractivity contribution in [1.29, 1.82) is 0 Å². The Morgan fingerprint density at radius 3 is 2.50 bits per heavy atom. The Morgan fingerprint density at radius 1 is 1.25 bits per heavy atom. The summed E-state index contributed by atoms with van der Waals surface area (Å²) in [5, 5.41) is 3.55. The average molecular weight is 277 g/mol. The van der Waals surface area contributed by atoms with Gasteiger partial charge in [0.25, 0.3) is 0 Å². The maximum atomic E-state index is 5.48. The lowest BCUT2D eigenvalue weighted by Crippen LogP contribution is -2.30. The molecule has 0 spiro atoms. The molecule has 20 heavy (non-hydrogen) atoms. The molecule has 0 amide bonds. The van der Waals surface area contributed by atoms with Gasteiger partial charge in [0.15, 0.2) is 0 Å². The minimum Gasteiger partial charge on any atom is -0.367 e. The van der Waals surface area contributed by atoms with Crippen LogP contribution >= 0.6 is 0 Å². The minimum atomic E-state index is 0.487. The van der Waals surface area contributed by atoms with Crippen LogP contribution in [-0.4, -0.2) is 16.0 Å². The van der Waals surface area contributed by atoms with E-state index in [4.69, 9.17) is 5.84 Å². The highest BCUT2D eigenvalue weighted by molar-refractivity contribution is 5.47. The molecule has 1 heterocycles. The van der Waals surface area contributed by atoms with Crippen molar-refractivity contribution < 1.29 is 0 Å². The zero-order chi connectivity index (χ0) is 14.6. The van der Waals surface area contributed by atoms with Crippen LogP contribution in [0.3, 0.4) is 0 Å². The van der Waals surface area contributed by atoms with Crippen molar-refractivity contribution in [1.82, 2.24) is 9.97 Å². The van der Waals surface area contributed by atoms with Gasteiger partial charge >= 0.3 is 0 Å². The number of hydrogen-bond acceptors (Lipinski definition) is 5. The van der Waals surface area contributed by atoms with E-state index in [1.165, 1.54) is 25.7 Å². The van der Waals surface area contributed by atoms with Crippen LogP contribution in [0.4, 0.5) is 11.6 Å². The zero-order valence-electron chi connectivity index (χ0n) is 12.9. The van der Waals surface area contributed by atoms with Crippen LogP contribution in [0.2, 0.25) is 0 Å². The van der Waals surface area contributed by atoms with Crippen molar-refractivity contribution in [3.63, 3.8) is 0 Å². The van der Waals surface area contributed by atoms with E-state index in [1.54, 1.807) is 0 Å². The van der Waals surface area contributed by atoms with E-state index in [0.717, 1.165) is 24.5 Å². The van der Waals surface area contributed by atoms with Gasteiger partial charge in [-0.25, -0.2) is 15.8 Å². The highest BCUT2D eigenvalue weighted by Gasteiger charge is 2.26. The van der Waals surface area contributed by atoms with E-state index >= 15 is 0 Å². The van der Waals surface area contributed by atoms with Gasteiger partial charge < -0.3 is 10.7 Å². The maximum Gasteiger partial charge on any atom is 0.145 e. The lowest BCUT2D eigenvalue weighted by molar-refractivity contribution is 0.232. The van der Waals surface area contributed by atoms with Crippen LogP contribution in [0.1, 0.15) is 58.7 Å². The highest BCUT2D eigenvalue weighted by Crippen LogP contribution is 2.36. The van der Waals surface area contributed by atoms with E-state index < -0.39 is 0 Å². The standard InChI is InChI=1S/C15H27N5/c1-4-5-12-18-13(10-14(19-12)20-16)17-11-6-8-15(2,3)9-7-11/h10-11H,4-9,16H2,1-3H3,(H2,17,18,19,20). The van der Waals surface area contributed by atoms with Crippen LogP contribution in [0.25, 0.3) is 0 Å². The van der Waals surface area contributed by atoms with Gasteiger partial charge in [-0.15, -0.1) is 0 Å². The molecule has 1 aromatic rings. The first-order valence-electron chi connectivity index (χ1n) is 7.63. The zero-order valence-corrected chi connectivity index (χ0v) is 12.9. The fourth-order valence-electron chi connectivity index (χ4n) is 2.73. The van der Waals surface area contributed by atoms with Crippen molar-refractivity contribution in [2.24, 2.45) is 11.3 Å².